The molecule has 2 rings (SSSR count). The molecule has 152 valence electrons. The van der Waals surface area contributed by atoms with Crippen LogP contribution in [-0.2, 0) is 19.5 Å². The zero-order valence-electron chi connectivity index (χ0n) is 14.8. The summed E-state index contributed by atoms with van der Waals surface area (Å²) in [7, 11) is -2.32. The van der Waals surface area contributed by atoms with E-state index in [0.717, 1.165) is 20.3 Å². The number of hydrogen-bond donors (Lipinski definition) is 1. The van der Waals surface area contributed by atoms with Gasteiger partial charge in [0.15, 0.2) is 4.21 Å². The zero-order valence-corrected chi connectivity index (χ0v) is 16.4. The Morgan fingerprint density at radius 1 is 1.11 bits per heavy atom. The van der Waals surface area contributed by atoms with E-state index in [9.17, 15) is 26.8 Å². The normalized spacial score (nSPS) is 11.2. The van der Waals surface area contributed by atoms with Gasteiger partial charge in [0.2, 0.25) is 0 Å². The summed E-state index contributed by atoms with van der Waals surface area (Å²) < 4.78 is 65.9. The quantitative estimate of drug-likeness (QED) is 0.666. The van der Waals surface area contributed by atoms with Crippen molar-refractivity contribution in [1.29, 1.82) is 0 Å². The Balaban J connectivity index is 2.58. The average Bonchev–Trinajstić information content (AvgIpc) is 2.99. The number of alkyl halides is 2. The number of rotatable bonds is 7. The molecule has 0 aliphatic carbocycles. The second-order valence-electron chi connectivity index (χ2n) is 5.18. The summed E-state index contributed by atoms with van der Waals surface area (Å²) in [5.41, 5.74) is -0.571. The molecule has 0 radical (unpaired) electrons. The van der Waals surface area contributed by atoms with Crippen LogP contribution in [0.3, 0.4) is 0 Å². The molecule has 0 saturated carbocycles. The number of methoxy groups -OCH3 is 2. The Labute approximate surface area is 163 Å². The van der Waals surface area contributed by atoms with Gasteiger partial charge in [0.1, 0.15) is 10.6 Å². The van der Waals surface area contributed by atoms with E-state index >= 15 is 0 Å². The van der Waals surface area contributed by atoms with E-state index < -0.39 is 38.5 Å². The standard InChI is InChI=1S/C16H15F2NO7S2/c1-8-11(13(20)24-2)15(27-12(8)14(21)25-3)28(22,23)19-9-6-4-5-7-10(9)26-16(17)18/h4-7,16,19H,1-3H3. The Bertz CT molecular complexity index is 1000. The van der Waals surface area contributed by atoms with Crippen LogP contribution in [0.1, 0.15) is 25.6 Å². The number of hydrogen-bond acceptors (Lipinski definition) is 8. The summed E-state index contributed by atoms with van der Waals surface area (Å²) in [5, 5.41) is 0. The average molecular weight is 435 g/mol. The van der Waals surface area contributed by atoms with Crippen molar-refractivity contribution in [2.75, 3.05) is 18.9 Å². The van der Waals surface area contributed by atoms with Gasteiger partial charge in [-0.3, -0.25) is 4.72 Å². The molecule has 0 unspecified atom stereocenters. The first kappa shape index (κ1) is 21.6. The molecular formula is C16H15F2NO7S2. The number of sulfonamides is 1. The van der Waals surface area contributed by atoms with E-state index in [4.69, 9.17) is 0 Å². The predicted molar refractivity (Wildman–Crippen MR) is 95.6 cm³/mol. The van der Waals surface area contributed by atoms with Gasteiger partial charge in [0.05, 0.1) is 25.5 Å². The molecule has 2 aromatic rings. The molecule has 1 N–H and O–H groups in total. The number of carbonyl (C=O) groups excluding carboxylic acids is 2. The smallest absolute Gasteiger partial charge is 0.387 e. The molecule has 1 aromatic heterocycles. The second-order valence-corrected chi connectivity index (χ2v) is 8.08. The monoisotopic (exact) mass is 435 g/mol. The molecule has 28 heavy (non-hydrogen) atoms. The number of ether oxygens (including phenoxy) is 3. The van der Waals surface area contributed by atoms with Gasteiger partial charge in [0, 0.05) is 0 Å². The summed E-state index contributed by atoms with van der Waals surface area (Å²) in [6, 6.07) is 5.12. The van der Waals surface area contributed by atoms with Crippen molar-refractivity contribution >= 4 is 39.0 Å². The minimum atomic E-state index is -4.47. The number of anilines is 1. The maximum absolute atomic E-state index is 12.9. The fraction of sp³-hybridized carbons (Fsp3) is 0.250. The Morgan fingerprint density at radius 2 is 1.71 bits per heavy atom. The number of thiophene rings is 1. The highest BCUT2D eigenvalue weighted by Crippen LogP contribution is 2.35. The maximum atomic E-state index is 12.9. The lowest BCUT2D eigenvalue weighted by Crippen LogP contribution is -2.17. The molecule has 0 amide bonds. The molecule has 1 aromatic carbocycles. The summed E-state index contributed by atoms with van der Waals surface area (Å²) in [5.74, 6) is -2.24. The third-order valence-electron chi connectivity index (χ3n) is 3.47. The van der Waals surface area contributed by atoms with Crippen LogP contribution in [0.25, 0.3) is 0 Å². The fourth-order valence-electron chi connectivity index (χ4n) is 2.24. The van der Waals surface area contributed by atoms with Gasteiger partial charge >= 0.3 is 18.6 Å². The fourth-order valence-corrected chi connectivity index (χ4v) is 5.06. The van der Waals surface area contributed by atoms with Crippen molar-refractivity contribution in [2.24, 2.45) is 0 Å². The van der Waals surface area contributed by atoms with E-state index in [-0.39, 0.29) is 21.7 Å². The van der Waals surface area contributed by atoms with Crippen molar-refractivity contribution in [3.8, 4) is 5.75 Å². The van der Waals surface area contributed by atoms with Crippen LogP contribution in [0.2, 0.25) is 0 Å². The number of para-hydroxylation sites is 2. The van der Waals surface area contributed by atoms with Crippen LogP contribution >= 0.6 is 11.3 Å². The zero-order chi connectivity index (χ0) is 21.1. The Hall–Kier alpha value is -2.73. The Morgan fingerprint density at radius 3 is 2.29 bits per heavy atom. The topological polar surface area (TPSA) is 108 Å². The lowest BCUT2D eigenvalue weighted by Gasteiger charge is -2.13. The molecule has 0 fully saturated rings. The highest BCUT2D eigenvalue weighted by molar-refractivity contribution is 7.94. The third kappa shape index (κ3) is 4.39. The molecule has 0 atom stereocenters. The van der Waals surface area contributed by atoms with Gasteiger partial charge in [-0.2, -0.15) is 8.78 Å². The van der Waals surface area contributed by atoms with Gasteiger partial charge in [-0.05, 0) is 24.6 Å². The first-order valence-corrected chi connectivity index (χ1v) is 9.79. The van der Waals surface area contributed by atoms with E-state index in [0.29, 0.717) is 11.3 Å². The molecule has 0 aliphatic heterocycles. The number of carbonyl (C=O) groups is 2. The van der Waals surface area contributed by atoms with Crippen LogP contribution in [0.15, 0.2) is 28.5 Å². The molecular weight excluding hydrogens is 420 g/mol. The van der Waals surface area contributed by atoms with E-state index in [1.54, 1.807) is 0 Å². The lowest BCUT2D eigenvalue weighted by atomic mass is 10.2. The number of halogens is 2. The number of esters is 2. The predicted octanol–water partition coefficient (Wildman–Crippen LogP) is 3.03. The van der Waals surface area contributed by atoms with Crippen LogP contribution in [0, 0.1) is 6.92 Å². The van der Waals surface area contributed by atoms with Crippen molar-refractivity contribution in [1.82, 2.24) is 0 Å². The summed E-state index contributed by atoms with van der Waals surface area (Å²) in [4.78, 5) is 23.9. The van der Waals surface area contributed by atoms with Crippen LogP contribution < -0.4 is 9.46 Å². The number of nitrogens with one attached hydrogen (secondary N) is 1. The van der Waals surface area contributed by atoms with Crippen molar-refractivity contribution in [3.63, 3.8) is 0 Å². The highest BCUT2D eigenvalue weighted by atomic mass is 32.2. The van der Waals surface area contributed by atoms with Crippen LogP contribution in [0.4, 0.5) is 14.5 Å². The number of benzene rings is 1. The minimum absolute atomic E-state index is 0.0567. The summed E-state index contributed by atoms with van der Waals surface area (Å²) >= 11 is 0.494. The van der Waals surface area contributed by atoms with Crippen LogP contribution in [-0.4, -0.2) is 41.2 Å². The SMILES string of the molecule is COC(=O)c1sc(S(=O)(=O)Nc2ccccc2OC(F)F)c(C(=O)OC)c1C. The minimum Gasteiger partial charge on any atom is -0.465 e. The van der Waals surface area contributed by atoms with Gasteiger partial charge < -0.3 is 14.2 Å². The van der Waals surface area contributed by atoms with Crippen LogP contribution in [0.5, 0.6) is 5.75 Å². The molecule has 8 nitrogen and oxygen atoms in total. The van der Waals surface area contributed by atoms with E-state index in [1.165, 1.54) is 25.1 Å². The molecule has 12 heteroatoms. The summed E-state index contributed by atoms with van der Waals surface area (Å²) in [6.45, 7) is -1.81. The van der Waals surface area contributed by atoms with E-state index in [2.05, 4.69) is 18.9 Å². The molecule has 1 heterocycles. The molecule has 0 bridgehead atoms. The molecule has 0 aliphatic rings. The van der Waals surface area contributed by atoms with Crippen molar-refractivity contribution < 1.29 is 41.0 Å². The first-order chi connectivity index (χ1) is 13.1. The van der Waals surface area contributed by atoms with Crippen molar-refractivity contribution in [3.05, 3.63) is 40.3 Å². The van der Waals surface area contributed by atoms with Gasteiger partial charge in [-0.25, -0.2) is 18.0 Å². The largest absolute Gasteiger partial charge is 0.465 e. The second kappa shape index (κ2) is 8.52. The van der Waals surface area contributed by atoms with E-state index in [1.807, 2.05) is 0 Å². The van der Waals surface area contributed by atoms with Crippen molar-refractivity contribution in [2.45, 2.75) is 17.7 Å². The highest BCUT2D eigenvalue weighted by Gasteiger charge is 2.33. The Kier molecular flexibility index (Phi) is 6.56. The first-order valence-electron chi connectivity index (χ1n) is 7.49. The third-order valence-corrected chi connectivity index (χ3v) is 6.62. The molecule has 0 saturated heterocycles. The van der Waals surface area contributed by atoms with Gasteiger partial charge in [-0.15, -0.1) is 11.3 Å². The lowest BCUT2D eigenvalue weighted by molar-refractivity contribution is -0.0493. The molecule has 0 spiro atoms. The summed E-state index contributed by atoms with van der Waals surface area (Å²) in [6.07, 6.45) is 0. The van der Waals surface area contributed by atoms with Gasteiger partial charge in [-0.1, -0.05) is 12.1 Å². The van der Waals surface area contributed by atoms with Gasteiger partial charge in [0.25, 0.3) is 10.0 Å². The maximum Gasteiger partial charge on any atom is 0.387 e.